The van der Waals surface area contributed by atoms with Crippen LogP contribution in [0.2, 0.25) is 0 Å². The number of nitrogens with zero attached hydrogens (tertiary/aromatic N) is 3. The first-order valence-electron chi connectivity index (χ1n) is 9.65. The van der Waals surface area contributed by atoms with Crippen molar-refractivity contribution in [2.75, 3.05) is 19.8 Å². The van der Waals surface area contributed by atoms with E-state index in [1.165, 1.54) is 0 Å². The van der Waals surface area contributed by atoms with E-state index in [0.717, 1.165) is 41.3 Å². The monoisotopic (exact) mass is 389 g/mol. The number of aromatic carboxylic acids is 1. The number of hydrogen-bond acceptors (Lipinski definition) is 5. The highest BCUT2D eigenvalue weighted by molar-refractivity contribution is 5.95. The molecule has 6 nitrogen and oxygen atoms in total. The predicted molar refractivity (Wildman–Crippen MR) is 110 cm³/mol. The standard InChI is InChI=1S/C23H23N3O3/c1-16-10-11-24-22(25-16)21-15-29-13-12-26(21)14-17-6-8-18(9-7-17)19-4-2-3-5-20(19)23(27)28/h2-11,21H,12-15H2,1H3,(H,27,28). The van der Waals surface area contributed by atoms with E-state index in [-0.39, 0.29) is 6.04 Å². The maximum Gasteiger partial charge on any atom is 0.336 e. The number of carboxylic acids is 1. The maximum atomic E-state index is 11.5. The molecule has 1 aliphatic heterocycles. The summed E-state index contributed by atoms with van der Waals surface area (Å²) in [6.45, 7) is 4.80. The summed E-state index contributed by atoms with van der Waals surface area (Å²) in [6, 6.07) is 17.1. The van der Waals surface area contributed by atoms with Gasteiger partial charge in [0.15, 0.2) is 0 Å². The highest BCUT2D eigenvalue weighted by Crippen LogP contribution is 2.27. The Hall–Kier alpha value is -3.09. The second-order valence-corrected chi connectivity index (χ2v) is 7.17. The van der Waals surface area contributed by atoms with E-state index in [0.29, 0.717) is 18.8 Å². The van der Waals surface area contributed by atoms with Crippen molar-refractivity contribution in [1.82, 2.24) is 14.9 Å². The fourth-order valence-electron chi connectivity index (χ4n) is 3.64. The number of aromatic nitrogens is 2. The Kier molecular flexibility index (Phi) is 5.64. The predicted octanol–water partition coefficient (Wildman–Crippen LogP) is 3.72. The third kappa shape index (κ3) is 4.34. The maximum absolute atomic E-state index is 11.5. The summed E-state index contributed by atoms with van der Waals surface area (Å²) in [7, 11) is 0. The Morgan fingerprint density at radius 2 is 1.97 bits per heavy atom. The molecule has 0 bridgehead atoms. The zero-order valence-electron chi connectivity index (χ0n) is 16.3. The van der Waals surface area contributed by atoms with Crippen molar-refractivity contribution in [3.63, 3.8) is 0 Å². The van der Waals surface area contributed by atoms with Crippen LogP contribution in [0.15, 0.2) is 60.8 Å². The molecule has 2 aromatic carbocycles. The van der Waals surface area contributed by atoms with Gasteiger partial charge in [-0.3, -0.25) is 4.90 Å². The first-order valence-corrected chi connectivity index (χ1v) is 9.65. The van der Waals surface area contributed by atoms with Crippen molar-refractivity contribution in [2.45, 2.75) is 19.5 Å². The van der Waals surface area contributed by atoms with Crippen molar-refractivity contribution < 1.29 is 14.6 Å². The molecule has 0 spiro atoms. The van der Waals surface area contributed by atoms with Crippen LogP contribution in [-0.2, 0) is 11.3 Å². The lowest BCUT2D eigenvalue weighted by atomic mass is 9.98. The van der Waals surface area contributed by atoms with E-state index in [4.69, 9.17) is 4.74 Å². The highest BCUT2D eigenvalue weighted by atomic mass is 16.5. The molecule has 1 atom stereocenters. The van der Waals surface area contributed by atoms with Crippen LogP contribution in [0.25, 0.3) is 11.1 Å². The molecule has 1 saturated heterocycles. The van der Waals surface area contributed by atoms with Gasteiger partial charge in [-0.25, -0.2) is 14.8 Å². The minimum atomic E-state index is -0.918. The molecular formula is C23H23N3O3. The molecular weight excluding hydrogens is 366 g/mol. The molecule has 0 aliphatic carbocycles. The van der Waals surface area contributed by atoms with Gasteiger partial charge in [-0.05, 0) is 35.7 Å². The number of benzene rings is 2. The minimum absolute atomic E-state index is 0.0241. The number of carbonyl (C=O) groups is 1. The lowest BCUT2D eigenvalue weighted by Crippen LogP contribution is -2.39. The van der Waals surface area contributed by atoms with Crippen LogP contribution in [0.4, 0.5) is 0 Å². The van der Waals surface area contributed by atoms with Gasteiger partial charge in [0, 0.05) is 25.0 Å². The van der Waals surface area contributed by atoms with Gasteiger partial charge >= 0.3 is 5.97 Å². The van der Waals surface area contributed by atoms with Gasteiger partial charge in [-0.15, -0.1) is 0 Å². The molecule has 3 aromatic rings. The van der Waals surface area contributed by atoms with E-state index in [2.05, 4.69) is 27.0 Å². The second-order valence-electron chi connectivity index (χ2n) is 7.17. The number of morpholine rings is 1. The fourth-order valence-corrected chi connectivity index (χ4v) is 3.64. The van der Waals surface area contributed by atoms with Crippen LogP contribution >= 0.6 is 0 Å². The molecule has 0 saturated carbocycles. The molecule has 0 amide bonds. The molecule has 4 rings (SSSR count). The van der Waals surface area contributed by atoms with Gasteiger partial charge in [0.1, 0.15) is 5.82 Å². The van der Waals surface area contributed by atoms with Crippen molar-refractivity contribution in [1.29, 1.82) is 0 Å². The van der Waals surface area contributed by atoms with E-state index in [1.807, 2.05) is 37.3 Å². The Labute approximate surface area is 169 Å². The summed E-state index contributed by atoms with van der Waals surface area (Å²) < 4.78 is 5.68. The summed E-state index contributed by atoms with van der Waals surface area (Å²) in [6.07, 6.45) is 1.79. The first kappa shape index (κ1) is 19.2. The second kappa shape index (κ2) is 8.51. The third-order valence-corrected chi connectivity index (χ3v) is 5.16. The van der Waals surface area contributed by atoms with Gasteiger partial charge in [-0.1, -0.05) is 42.5 Å². The van der Waals surface area contributed by atoms with Crippen LogP contribution in [0.3, 0.4) is 0 Å². The SMILES string of the molecule is Cc1ccnc(C2COCCN2Cc2ccc(-c3ccccc3C(=O)O)cc2)n1. The Morgan fingerprint density at radius 1 is 1.17 bits per heavy atom. The van der Waals surface area contributed by atoms with Crippen LogP contribution in [-0.4, -0.2) is 45.7 Å². The first-order chi connectivity index (χ1) is 14.1. The van der Waals surface area contributed by atoms with Crippen LogP contribution in [0, 0.1) is 6.92 Å². The number of carboxylic acid groups (broad SMARTS) is 1. The molecule has 6 heteroatoms. The molecule has 1 fully saturated rings. The average Bonchev–Trinajstić information content (AvgIpc) is 2.75. The summed E-state index contributed by atoms with van der Waals surface area (Å²) in [4.78, 5) is 22.8. The van der Waals surface area contributed by atoms with Crippen molar-refractivity contribution in [3.05, 3.63) is 83.4 Å². The smallest absolute Gasteiger partial charge is 0.336 e. The Bertz CT molecular complexity index is 1000. The van der Waals surface area contributed by atoms with Gasteiger partial charge in [0.2, 0.25) is 0 Å². The average molecular weight is 389 g/mol. The van der Waals surface area contributed by atoms with Gasteiger partial charge < -0.3 is 9.84 Å². The number of ether oxygens (including phenoxy) is 1. The summed E-state index contributed by atoms with van der Waals surface area (Å²) >= 11 is 0. The van der Waals surface area contributed by atoms with Gasteiger partial charge in [0.05, 0.1) is 24.8 Å². The van der Waals surface area contributed by atoms with Crippen LogP contribution in [0.1, 0.15) is 33.5 Å². The minimum Gasteiger partial charge on any atom is -0.478 e. The number of aryl methyl sites for hydroxylation is 1. The molecule has 2 heterocycles. The quantitative estimate of drug-likeness (QED) is 0.717. The van der Waals surface area contributed by atoms with Crippen molar-refractivity contribution in [2.24, 2.45) is 0 Å². The van der Waals surface area contributed by atoms with Crippen molar-refractivity contribution in [3.8, 4) is 11.1 Å². The molecule has 0 radical (unpaired) electrons. The van der Waals surface area contributed by atoms with E-state index in [9.17, 15) is 9.90 Å². The molecule has 1 N–H and O–H groups in total. The lowest BCUT2D eigenvalue weighted by Gasteiger charge is -2.34. The highest BCUT2D eigenvalue weighted by Gasteiger charge is 2.27. The Balaban J connectivity index is 1.54. The Morgan fingerprint density at radius 3 is 2.72 bits per heavy atom. The number of hydrogen-bond donors (Lipinski definition) is 1. The molecule has 148 valence electrons. The largest absolute Gasteiger partial charge is 0.478 e. The van der Waals surface area contributed by atoms with E-state index >= 15 is 0 Å². The van der Waals surface area contributed by atoms with Gasteiger partial charge in [0.25, 0.3) is 0 Å². The van der Waals surface area contributed by atoms with Crippen LogP contribution in [0.5, 0.6) is 0 Å². The lowest BCUT2D eigenvalue weighted by molar-refractivity contribution is -0.0159. The zero-order chi connectivity index (χ0) is 20.2. The molecule has 1 unspecified atom stereocenters. The molecule has 29 heavy (non-hydrogen) atoms. The van der Waals surface area contributed by atoms with E-state index < -0.39 is 5.97 Å². The number of rotatable bonds is 5. The normalized spacial score (nSPS) is 17.2. The van der Waals surface area contributed by atoms with Crippen LogP contribution < -0.4 is 0 Å². The summed E-state index contributed by atoms with van der Waals surface area (Å²) in [5.74, 6) is -0.129. The summed E-state index contributed by atoms with van der Waals surface area (Å²) in [5.41, 5.74) is 4.03. The third-order valence-electron chi connectivity index (χ3n) is 5.16. The molecule has 1 aromatic heterocycles. The van der Waals surface area contributed by atoms with Gasteiger partial charge in [-0.2, -0.15) is 0 Å². The zero-order valence-corrected chi connectivity index (χ0v) is 16.3. The van der Waals surface area contributed by atoms with Crippen molar-refractivity contribution >= 4 is 5.97 Å². The molecule has 1 aliphatic rings. The van der Waals surface area contributed by atoms with E-state index in [1.54, 1.807) is 18.3 Å². The summed E-state index contributed by atoms with van der Waals surface area (Å²) in [5, 5.41) is 9.42. The fraction of sp³-hybridized carbons (Fsp3) is 0.261. The topological polar surface area (TPSA) is 75.5 Å².